The quantitative estimate of drug-likeness (QED) is 0.493. The van der Waals surface area contributed by atoms with Crippen LogP contribution in [0.25, 0.3) is 11.3 Å². The number of benzene rings is 1. The van der Waals surface area contributed by atoms with Gasteiger partial charge in [-0.3, -0.25) is 9.58 Å². The molecule has 10 heteroatoms. The SMILES string of the molecule is CN1CCN(Cc2c(Nc3nccc(-c4cc(C#N)c5c(c4)[C@@](C)(CO)CN5)n3)cnn2C)CC1. The normalized spacial score (nSPS) is 20.3. The fraction of sp³-hybridized carbons (Fsp3) is 0.440. The topological polar surface area (TPSA) is 118 Å². The van der Waals surface area contributed by atoms with E-state index in [1.807, 2.05) is 43.0 Å². The largest absolute Gasteiger partial charge is 0.395 e. The van der Waals surface area contributed by atoms with Gasteiger partial charge in [-0.25, -0.2) is 9.97 Å². The highest BCUT2D eigenvalue weighted by Crippen LogP contribution is 2.41. The lowest BCUT2D eigenvalue weighted by molar-refractivity contribution is 0.145. The molecule has 3 aromatic rings. The van der Waals surface area contributed by atoms with Crippen molar-refractivity contribution in [2.45, 2.75) is 18.9 Å². The van der Waals surface area contributed by atoms with Crippen LogP contribution in [0.15, 0.2) is 30.6 Å². The molecule has 0 aliphatic carbocycles. The molecule has 10 nitrogen and oxygen atoms in total. The molecule has 2 aliphatic heterocycles. The van der Waals surface area contributed by atoms with Crippen LogP contribution < -0.4 is 10.6 Å². The summed E-state index contributed by atoms with van der Waals surface area (Å²) in [5.74, 6) is 0.470. The minimum Gasteiger partial charge on any atom is -0.395 e. The van der Waals surface area contributed by atoms with Crippen LogP contribution in [-0.4, -0.2) is 81.0 Å². The lowest BCUT2D eigenvalue weighted by Gasteiger charge is -2.32. The first-order chi connectivity index (χ1) is 16.9. The number of fused-ring (bicyclic) bond motifs is 1. The third-order valence-electron chi connectivity index (χ3n) is 7.14. The summed E-state index contributed by atoms with van der Waals surface area (Å²) in [6.45, 7) is 7.54. The minimum absolute atomic E-state index is 0.00497. The van der Waals surface area contributed by atoms with Crippen molar-refractivity contribution in [2.24, 2.45) is 7.05 Å². The molecule has 0 amide bonds. The van der Waals surface area contributed by atoms with Crippen molar-refractivity contribution in [3.8, 4) is 17.3 Å². The smallest absolute Gasteiger partial charge is 0.227 e. The van der Waals surface area contributed by atoms with E-state index in [-0.39, 0.29) is 6.61 Å². The van der Waals surface area contributed by atoms with E-state index >= 15 is 0 Å². The second-order valence-corrected chi connectivity index (χ2v) is 9.73. The zero-order chi connectivity index (χ0) is 24.6. The Bertz CT molecular complexity index is 1270. The molecule has 3 N–H and O–H groups in total. The number of piperazine rings is 1. The van der Waals surface area contributed by atoms with Crippen LogP contribution in [0.2, 0.25) is 0 Å². The third kappa shape index (κ3) is 4.46. The highest BCUT2D eigenvalue weighted by molar-refractivity contribution is 5.76. The Morgan fingerprint density at radius 3 is 2.77 bits per heavy atom. The van der Waals surface area contributed by atoms with Gasteiger partial charge in [-0.1, -0.05) is 6.92 Å². The average Bonchev–Trinajstić information content (AvgIpc) is 3.40. The summed E-state index contributed by atoms with van der Waals surface area (Å²) in [6, 6.07) is 7.97. The van der Waals surface area contributed by atoms with Gasteiger partial charge in [-0.2, -0.15) is 10.4 Å². The van der Waals surface area contributed by atoms with Crippen molar-refractivity contribution in [3.63, 3.8) is 0 Å². The monoisotopic (exact) mass is 473 g/mol. The lowest BCUT2D eigenvalue weighted by Crippen LogP contribution is -2.44. The summed E-state index contributed by atoms with van der Waals surface area (Å²) in [7, 11) is 4.11. The van der Waals surface area contributed by atoms with Crippen molar-refractivity contribution in [3.05, 3.63) is 47.4 Å². The van der Waals surface area contributed by atoms with E-state index in [0.29, 0.717) is 23.8 Å². The fourth-order valence-corrected chi connectivity index (χ4v) is 4.74. The van der Waals surface area contributed by atoms with Crippen LogP contribution in [0, 0.1) is 11.3 Å². The molecule has 35 heavy (non-hydrogen) atoms. The summed E-state index contributed by atoms with van der Waals surface area (Å²) in [6.07, 6.45) is 3.52. The van der Waals surface area contributed by atoms with Crippen LogP contribution in [0.4, 0.5) is 17.3 Å². The van der Waals surface area contributed by atoms with Gasteiger partial charge in [-0.15, -0.1) is 0 Å². The van der Waals surface area contributed by atoms with E-state index < -0.39 is 5.41 Å². The number of hydrogen-bond acceptors (Lipinski definition) is 9. The molecule has 1 atom stereocenters. The molecule has 182 valence electrons. The molecular formula is C25H31N9O. The Morgan fingerprint density at radius 1 is 1.23 bits per heavy atom. The summed E-state index contributed by atoms with van der Waals surface area (Å²) in [5, 5.41) is 30.8. The number of nitrogens with one attached hydrogen (secondary N) is 2. The Balaban J connectivity index is 1.42. The van der Waals surface area contributed by atoms with Gasteiger partial charge in [0.05, 0.1) is 41.1 Å². The van der Waals surface area contributed by atoms with Crippen LogP contribution >= 0.6 is 0 Å². The Kier molecular flexibility index (Phi) is 6.15. The maximum atomic E-state index is 9.99. The molecule has 2 aromatic heterocycles. The first-order valence-corrected chi connectivity index (χ1v) is 11.9. The molecular weight excluding hydrogens is 442 g/mol. The first kappa shape index (κ1) is 23.2. The van der Waals surface area contributed by atoms with Gasteiger partial charge in [0.15, 0.2) is 0 Å². The van der Waals surface area contributed by atoms with Gasteiger partial charge in [0.25, 0.3) is 0 Å². The Labute approximate surface area is 205 Å². The fourth-order valence-electron chi connectivity index (χ4n) is 4.74. The molecule has 4 heterocycles. The van der Waals surface area contributed by atoms with Crippen molar-refractivity contribution >= 4 is 17.3 Å². The standard InChI is InChI=1S/C25H31N9O/c1-25(16-35)15-28-23-18(12-26)10-17(11-19(23)25)20-4-5-27-24(30-20)31-21-13-29-33(3)22(21)14-34-8-6-32(2)7-9-34/h4-5,10-11,13,28,35H,6-9,14-16H2,1-3H3,(H,27,30,31)/t25-/m1/s1. The van der Waals surface area contributed by atoms with Gasteiger partial charge in [0.1, 0.15) is 6.07 Å². The van der Waals surface area contributed by atoms with E-state index in [1.165, 1.54) is 0 Å². The number of nitrogens with zero attached hydrogens (tertiary/aromatic N) is 7. The zero-order valence-electron chi connectivity index (χ0n) is 20.4. The predicted octanol–water partition coefficient (Wildman–Crippen LogP) is 1.92. The van der Waals surface area contributed by atoms with E-state index in [0.717, 1.165) is 60.9 Å². The number of aromatic nitrogens is 4. The van der Waals surface area contributed by atoms with E-state index in [1.54, 1.807) is 6.20 Å². The van der Waals surface area contributed by atoms with Crippen molar-refractivity contribution < 1.29 is 5.11 Å². The summed E-state index contributed by atoms with van der Waals surface area (Å²) < 4.78 is 1.90. The number of nitriles is 1. The highest BCUT2D eigenvalue weighted by atomic mass is 16.3. The lowest BCUT2D eigenvalue weighted by atomic mass is 9.83. The molecule has 1 aromatic carbocycles. The van der Waals surface area contributed by atoms with Crippen LogP contribution in [-0.2, 0) is 19.0 Å². The molecule has 2 aliphatic rings. The summed E-state index contributed by atoms with van der Waals surface area (Å²) in [5.41, 5.74) is 5.32. The van der Waals surface area contributed by atoms with Crippen LogP contribution in [0.3, 0.4) is 0 Å². The summed E-state index contributed by atoms with van der Waals surface area (Å²) >= 11 is 0. The average molecular weight is 474 g/mol. The molecule has 1 saturated heterocycles. The van der Waals surface area contributed by atoms with Crippen LogP contribution in [0.1, 0.15) is 23.7 Å². The van der Waals surface area contributed by atoms with E-state index in [2.05, 4.69) is 43.6 Å². The minimum atomic E-state index is -0.446. The predicted molar refractivity (Wildman–Crippen MR) is 134 cm³/mol. The second kappa shape index (κ2) is 9.26. The third-order valence-corrected chi connectivity index (χ3v) is 7.14. The van der Waals surface area contributed by atoms with E-state index in [9.17, 15) is 10.4 Å². The second-order valence-electron chi connectivity index (χ2n) is 9.73. The Hall–Kier alpha value is -3.52. The number of hydrogen-bond donors (Lipinski definition) is 3. The van der Waals surface area contributed by atoms with Gasteiger partial charge >= 0.3 is 0 Å². The van der Waals surface area contributed by atoms with Gasteiger partial charge < -0.3 is 20.6 Å². The molecule has 0 saturated carbocycles. The Morgan fingerprint density at radius 2 is 2.03 bits per heavy atom. The van der Waals surface area contributed by atoms with E-state index in [4.69, 9.17) is 4.98 Å². The molecule has 0 bridgehead atoms. The molecule has 0 unspecified atom stereocenters. The van der Waals surface area contributed by atoms with Crippen molar-refractivity contribution in [2.75, 3.05) is 57.0 Å². The highest BCUT2D eigenvalue weighted by Gasteiger charge is 2.36. The number of likely N-dealkylation sites (N-methyl/N-ethyl adjacent to an activating group) is 1. The van der Waals surface area contributed by atoms with Crippen molar-refractivity contribution in [1.82, 2.24) is 29.5 Å². The number of aliphatic hydroxyl groups excluding tert-OH is 1. The maximum Gasteiger partial charge on any atom is 0.227 e. The van der Waals surface area contributed by atoms with Gasteiger partial charge in [0, 0.05) is 63.5 Å². The molecule has 0 spiro atoms. The molecule has 5 rings (SSSR count). The van der Waals surface area contributed by atoms with Gasteiger partial charge in [0.2, 0.25) is 5.95 Å². The number of anilines is 3. The van der Waals surface area contributed by atoms with Gasteiger partial charge in [-0.05, 0) is 30.8 Å². The molecule has 1 fully saturated rings. The zero-order valence-corrected chi connectivity index (χ0v) is 20.4. The maximum absolute atomic E-state index is 9.99. The van der Waals surface area contributed by atoms with Crippen molar-refractivity contribution in [1.29, 1.82) is 5.26 Å². The van der Waals surface area contributed by atoms with Crippen LogP contribution in [0.5, 0.6) is 0 Å². The number of aryl methyl sites for hydroxylation is 1. The first-order valence-electron chi connectivity index (χ1n) is 11.9. The molecule has 0 radical (unpaired) electrons. The number of rotatable bonds is 6. The summed E-state index contributed by atoms with van der Waals surface area (Å²) in [4.78, 5) is 13.9. The number of aliphatic hydroxyl groups is 1.